The lowest BCUT2D eigenvalue weighted by atomic mass is 10.2. The van der Waals surface area contributed by atoms with Crippen LogP contribution in [0.4, 0.5) is 10.1 Å². The second-order valence-corrected chi connectivity index (χ2v) is 2.98. The van der Waals surface area contributed by atoms with Gasteiger partial charge in [-0.05, 0) is 24.6 Å². The van der Waals surface area contributed by atoms with Crippen LogP contribution in [0, 0.1) is 12.7 Å². The smallest absolute Gasteiger partial charge is 0.142 e. The van der Waals surface area contributed by atoms with Gasteiger partial charge in [0.05, 0.1) is 5.02 Å². The quantitative estimate of drug-likeness (QED) is 0.738. The summed E-state index contributed by atoms with van der Waals surface area (Å²) in [6.45, 7) is 1.79. The van der Waals surface area contributed by atoms with Gasteiger partial charge >= 0.3 is 0 Å². The lowest BCUT2D eigenvalue weighted by Gasteiger charge is -2.03. The fraction of sp³-hybridized carbons (Fsp3) is 0.143. The second-order valence-electron chi connectivity index (χ2n) is 2.18. The Bertz CT molecular complexity index is 277. The molecule has 0 aromatic heterocycles. The fourth-order valence-electron chi connectivity index (χ4n) is 0.748. The average molecular weight is 238 g/mol. The molecule has 0 aliphatic carbocycles. The third-order valence-corrected chi connectivity index (χ3v) is 2.09. The van der Waals surface area contributed by atoms with Gasteiger partial charge in [-0.3, -0.25) is 0 Å². The van der Waals surface area contributed by atoms with Crippen molar-refractivity contribution >= 4 is 33.4 Å². The Morgan fingerprint density at radius 1 is 1.55 bits per heavy atom. The van der Waals surface area contributed by atoms with E-state index < -0.39 is 5.82 Å². The van der Waals surface area contributed by atoms with Gasteiger partial charge in [-0.2, -0.15) is 0 Å². The molecule has 0 fully saturated rings. The van der Waals surface area contributed by atoms with Crippen molar-refractivity contribution in [3.63, 3.8) is 0 Å². The molecular formula is C7H6BrClFN. The van der Waals surface area contributed by atoms with E-state index in [1.54, 1.807) is 6.92 Å². The van der Waals surface area contributed by atoms with E-state index in [9.17, 15) is 4.39 Å². The summed E-state index contributed by atoms with van der Waals surface area (Å²) in [7, 11) is 0. The Balaban J connectivity index is 3.21. The molecule has 0 saturated heterocycles. The van der Waals surface area contributed by atoms with Gasteiger partial charge in [0.25, 0.3) is 0 Å². The minimum absolute atomic E-state index is 0.123. The lowest BCUT2D eigenvalue weighted by molar-refractivity contribution is 0.627. The van der Waals surface area contributed by atoms with E-state index in [0.717, 1.165) is 11.3 Å². The van der Waals surface area contributed by atoms with E-state index in [4.69, 9.17) is 11.6 Å². The number of hydrogen-bond donors (Lipinski definition) is 1. The summed E-state index contributed by atoms with van der Waals surface area (Å²) in [5, 5.41) is 0.123. The third-order valence-electron chi connectivity index (χ3n) is 1.37. The maximum absolute atomic E-state index is 12.7. The first-order valence-corrected chi connectivity index (χ1v) is 4.14. The van der Waals surface area contributed by atoms with Crippen molar-refractivity contribution in [3.05, 3.63) is 28.5 Å². The lowest BCUT2D eigenvalue weighted by Crippen LogP contribution is -1.87. The van der Waals surface area contributed by atoms with Gasteiger partial charge in [0.15, 0.2) is 0 Å². The molecule has 0 aliphatic rings. The molecule has 0 unspecified atom stereocenters. The number of benzene rings is 1. The first-order valence-electron chi connectivity index (χ1n) is 2.97. The molecular weight excluding hydrogens is 232 g/mol. The zero-order valence-corrected chi connectivity index (χ0v) is 8.13. The molecule has 0 amide bonds. The molecule has 4 heteroatoms. The van der Waals surface area contributed by atoms with E-state index in [-0.39, 0.29) is 5.02 Å². The van der Waals surface area contributed by atoms with Crippen molar-refractivity contribution in [2.75, 3.05) is 4.34 Å². The Hall–Kier alpha value is -0.280. The molecule has 1 aromatic carbocycles. The summed E-state index contributed by atoms with van der Waals surface area (Å²) in [6.07, 6.45) is 0. The fourth-order valence-corrected chi connectivity index (χ4v) is 1.34. The minimum Gasteiger partial charge on any atom is -0.322 e. The number of anilines is 1. The van der Waals surface area contributed by atoms with Crippen LogP contribution in [0.1, 0.15) is 5.56 Å². The maximum atomic E-state index is 12.7. The highest BCUT2D eigenvalue weighted by Gasteiger charge is 2.03. The highest BCUT2D eigenvalue weighted by molar-refractivity contribution is 9.10. The van der Waals surface area contributed by atoms with Crippen LogP contribution in [0.3, 0.4) is 0 Å². The number of nitrogens with one attached hydrogen (secondary N) is 1. The molecule has 1 N–H and O–H groups in total. The van der Waals surface area contributed by atoms with Crippen molar-refractivity contribution in [1.29, 1.82) is 0 Å². The van der Waals surface area contributed by atoms with Gasteiger partial charge in [-0.25, -0.2) is 4.39 Å². The van der Waals surface area contributed by atoms with Crippen LogP contribution in [0.15, 0.2) is 12.1 Å². The summed E-state index contributed by atoms with van der Waals surface area (Å²) < 4.78 is 15.4. The van der Waals surface area contributed by atoms with Crippen LogP contribution in [0.5, 0.6) is 0 Å². The number of aryl methyl sites for hydroxylation is 1. The standard InChI is InChI=1S/C7H6BrClFN/c1-4-2-6(10)5(9)3-7(4)11-8/h2-3,11H,1H3. The zero-order valence-electron chi connectivity index (χ0n) is 5.79. The largest absolute Gasteiger partial charge is 0.322 e. The van der Waals surface area contributed by atoms with E-state index in [1.165, 1.54) is 12.1 Å². The Labute approximate surface area is 77.9 Å². The van der Waals surface area contributed by atoms with Crippen LogP contribution in [-0.4, -0.2) is 0 Å². The average Bonchev–Trinajstić information content (AvgIpc) is 1.97. The van der Waals surface area contributed by atoms with Crippen LogP contribution in [0.25, 0.3) is 0 Å². The first-order chi connectivity index (χ1) is 5.15. The van der Waals surface area contributed by atoms with E-state index in [0.29, 0.717) is 0 Å². The summed E-state index contributed by atoms with van der Waals surface area (Å²) in [4.78, 5) is 0. The highest BCUT2D eigenvalue weighted by atomic mass is 79.9. The van der Waals surface area contributed by atoms with Crippen LogP contribution >= 0.6 is 27.7 Å². The Morgan fingerprint density at radius 3 is 2.73 bits per heavy atom. The van der Waals surface area contributed by atoms with E-state index in [1.807, 2.05) is 0 Å². The van der Waals surface area contributed by atoms with Crippen LogP contribution in [0.2, 0.25) is 5.02 Å². The topological polar surface area (TPSA) is 12.0 Å². The molecule has 1 rings (SSSR count). The SMILES string of the molecule is Cc1cc(F)c(Cl)cc1NBr. The monoisotopic (exact) mass is 237 g/mol. The second kappa shape index (κ2) is 3.41. The third kappa shape index (κ3) is 1.84. The minimum atomic E-state index is -0.393. The zero-order chi connectivity index (χ0) is 8.43. The van der Waals surface area contributed by atoms with Gasteiger partial charge in [0.1, 0.15) is 5.82 Å². The van der Waals surface area contributed by atoms with Gasteiger partial charge in [0.2, 0.25) is 0 Å². The van der Waals surface area contributed by atoms with Gasteiger partial charge in [-0.1, -0.05) is 11.6 Å². The summed E-state index contributed by atoms with van der Waals surface area (Å²) in [5.74, 6) is -0.393. The molecule has 0 heterocycles. The van der Waals surface area contributed by atoms with Crippen molar-refractivity contribution in [2.45, 2.75) is 6.92 Å². The van der Waals surface area contributed by atoms with Crippen molar-refractivity contribution in [2.24, 2.45) is 0 Å². The van der Waals surface area contributed by atoms with Crippen molar-refractivity contribution in [1.82, 2.24) is 0 Å². The Morgan fingerprint density at radius 2 is 2.18 bits per heavy atom. The van der Waals surface area contributed by atoms with E-state index >= 15 is 0 Å². The molecule has 1 nitrogen and oxygen atoms in total. The molecule has 0 radical (unpaired) electrons. The molecule has 11 heavy (non-hydrogen) atoms. The molecule has 0 aliphatic heterocycles. The maximum Gasteiger partial charge on any atom is 0.142 e. The predicted molar refractivity (Wildman–Crippen MR) is 48.7 cm³/mol. The van der Waals surface area contributed by atoms with Gasteiger partial charge in [0, 0.05) is 21.8 Å². The van der Waals surface area contributed by atoms with Gasteiger partial charge < -0.3 is 4.34 Å². The number of hydrogen-bond acceptors (Lipinski definition) is 1. The predicted octanol–water partition coefficient (Wildman–Crippen LogP) is 3.51. The summed E-state index contributed by atoms with van der Waals surface area (Å²) in [5.41, 5.74) is 1.58. The van der Waals surface area contributed by atoms with Gasteiger partial charge in [-0.15, -0.1) is 0 Å². The number of rotatable bonds is 1. The summed E-state index contributed by atoms with van der Waals surface area (Å²) >= 11 is 8.56. The Kier molecular flexibility index (Phi) is 2.73. The highest BCUT2D eigenvalue weighted by Crippen LogP contribution is 2.24. The van der Waals surface area contributed by atoms with Crippen molar-refractivity contribution < 1.29 is 4.39 Å². The molecule has 0 atom stereocenters. The normalized spacial score (nSPS) is 9.82. The molecule has 0 spiro atoms. The number of halogens is 3. The van der Waals surface area contributed by atoms with E-state index in [2.05, 4.69) is 20.5 Å². The first kappa shape index (κ1) is 8.81. The van der Waals surface area contributed by atoms with Crippen LogP contribution < -0.4 is 4.34 Å². The molecule has 60 valence electrons. The molecule has 0 bridgehead atoms. The van der Waals surface area contributed by atoms with Crippen molar-refractivity contribution in [3.8, 4) is 0 Å². The molecule has 1 aromatic rings. The summed E-state index contributed by atoms with van der Waals surface area (Å²) in [6, 6.07) is 2.91. The van der Waals surface area contributed by atoms with Crippen LogP contribution in [-0.2, 0) is 0 Å². The molecule has 0 saturated carbocycles.